The number of aliphatic hydroxyl groups excluding tert-OH is 1. The van der Waals surface area contributed by atoms with Gasteiger partial charge in [0.15, 0.2) is 0 Å². The van der Waals surface area contributed by atoms with Gasteiger partial charge in [0.1, 0.15) is 0 Å². The third-order valence-corrected chi connectivity index (χ3v) is 4.00. The van der Waals surface area contributed by atoms with Crippen LogP contribution < -0.4 is 0 Å². The zero-order chi connectivity index (χ0) is 10.4. The average molecular weight is 205 g/mol. The molecule has 15 heavy (non-hydrogen) atoms. The van der Waals surface area contributed by atoms with Crippen molar-refractivity contribution in [2.45, 2.75) is 51.6 Å². The summed E-state index contributed by atoms with van der Waals surface area (Å²) in [6, 6.07) is 0. The van der Waals surface area contributed by atoms with Gasteiger partial charge in [0, 0.05) is 17.8 Å². The molecule has 1 heterocycles. The highest BCUT2D eigenvalue weighted by molar-refractivity contribution is 5.40. The molecule has 2 N–H and O–H groups in total. The molecule has 0 radical (unpaired) electrons. The highest BCUT2D eigenvalue weighted by Gasteiger charge is 2.26. The van der Waals surface area contributed by atoms with Gasteiger partial charge in [-0.25, -0.2) is 0 Å². The minimum Gasteiger partial charge on any atom is -0.393 e. The lowest BCUT2D eigenvalue weighted by atomic mass is 9.84. The summed E-state index contributed by atoms with van der Waals surface area (Å²) in [7, 11) is 0. The van der Waals surface area contributed by atoms with E-state index in [1.807, 2.05) is 0 Å². The number of aromatic amines is 1. The molecule has 2 aliphatic carbocycles. The number of fused-ring (bicyclic) bond motifs is 3. The van der Waals surface area contributed by atoms with E-state index in [0.717, 1.165) is 25.2 Å². The van der Waals surface area contributed by atoms with E-state index in [4.69, 9.17) is 0 Å². The molecule has 0 saturated heterocycles. The molecule has 1 aromatic heterocycles. The van der Waals surface area contributed by atoms with Gasteiger partial charge in [-0.05, 0) is 49.1 Å². The van der Waals surface area contributed by atoms with Crippen LogP contribution in [0.1, 0.15) is 42.3 Å². The molecule has 0 aromatic carbocycles. The molecule has 0 saturated carbocycles. The maximum Gasteiger partial charge on any atom is 0.0598 e. The maximum absolute atomic E-state index is 9.65. The first-order valence-corrected chi connectivity index (χ1v) is 6.13. The van der Waals surface area contributed by atoms with E-state index in [2.05, 4.69) is 11.9 Å². The number of nitrogens with one attached hydrogen (secondary N) is 1. The van der Waals surface area contributed by atoms with Gasteiger partial charge >= 0.3 is 0 Å². The number of hydrogen-bond acceptors (Lipinski definition) is 1. The number of aryl methyl sites for hydroxylation is 1. The number of H-pyrrole nitrogens is 1. The summed E-state index contributed by atoms with van der Waals surface area (Å²) in [5.41, 5.74) is 5.93. The molecule has 2 heteroatoms. The van der Waals surface area contributed by atoms with Gasteiger partial charge in [-0.1, -0.05) is 6.92 Å². The molecule has 2 unspecified atom stereocenters. The Kier molecular flexibility index (Phi) is 2.13. The van der Waals surface area contributed by atoms with E-state index in [0.29, 0.717) is 0 Å². The number of rotatable bonds is 0. The van der Waals surface area contributed by atoms with Crippen molar-refractivity contribution in [1.82, 2.24) is 4.98 Å². The van der Waals surface area contributed by atoms with Crippen molar-refractivity contribution in [3.8, 4) is 0 Å². The lowest BCUT2D eigenvalue weighted by molar-refractivity contribution is 0.157. The molecule has 2 atom stereocenters. The Morgan fingerprint density at radius 2 is 1.93 bits per heavy atom. The fraction of sp³-hybridized carbons (Fsp3) is 0.692. The first kappa shape index (κ1) is 9.46. The highest BCUT2D eigenvalue weighted by Crippen LogP contribution is 2.33. The topological polar surface area (TPSA) is 36.0 Å². The lowest BCUT2D eigenvalue weighted by Gasteiger charge is -2.21. The minimum atomic E-state index is -0.116. The summed E-state index contributed by atoms with van der Waals surface area (Å²) in [6.07, 6.45) is 6.53. The molecular weight excluding hydrogens is 186 g/mol. The van der Waals surface area contributed by atoms with Crippen molar-refractivity contribution in [2.24, 2.45) is 5.92 Å². The molecule has 82 valence electrons. The van der Waals surface area contributed by atoms with Crippen molar-refractivity contribution < 1.29 is 5.11 Å². The minimum absolute atomic E-state index is 0.116. The summed E-state index contributed by atoms with van der Waals surface area (Å²) in [6.45, 7) is 2.35. The van der Waals surface area contributed by atoms with E-state index in [-0.39, 0.29) is 6.10 Å². The average Bonchev–Trinajstić information content (AvgIpc) is 2.54. The van der Waals surface area contributed by atoms with Crippen molar-refractivity contribution in [3.63, 3.8) is 0 Å². The number of aliphatic hydroxyl groups is 1. The largest absolute Gasteiger partial charge is 0.393 e. The zero-order valence-corrected chi connectivity index (χ0v) is 9.34. The lowest BCUT2D eigenvalue weighted by Crippen LogP contribution is -2.19. The Hall–Kier alpha value is -0.760. The van der Waals surface area contributed by atoms with Gasteiger partial charge in [-0.15, -0.1) is 0 Å². The molecule has 1 aromatic rings. The summed E-state index contributed by atoms with van der Waals surface area (Å²) >= 11 is 0. The highest BCUT2D eigenvalue weighted by atomic mass is 16.3. The van der Waals surface area contributed by atoms with E-state index < -0.39 is 0 Å². The van der Waals surface area contributed by atoms with Crippen molar-refractivity contribution in [2.75, 3.05) is 0 Å². The maximum atomic E-state index is 9.65. The van der Waals surface area contributed by atoms with Crippen LogP contribution >= 0.6 is 0 Å². The standard InChI is InChI=1S/C13H19NO/c1-8-2-5-12-11(6-8)10-4-3-9(15)7-13(10)14-12/h8-9,14-15H,2-7H2,1H3. The Morgan fingerprint density at radius 1 is 1.07 bits per heavy atom. The molecule has 0 bridgehead atoms. The van der Waals surface area contributed by atoms with Crippen LogP contribution in [-0.4, -0.2) is 16.2 Å². The van der Waals surface area contributed by atoms with Crippen LogP contribution in [0.25, 0.3) is 0 Å². The second-order valence-corrected chi connectivity index (χ2v) is 5.28. The van der Waals surface area contributed by atoms with Gasteiger partial charge in [0.05, 0.1) is 6.10 Å². The van der Waals surface area contributed by atoms with Crippen molar-refractivity contribution >= 4 is 0 Å². The van der Waals surface area contributed by atoms with Crippen molar-refractivity contribution in [3.05, 3.63) is 22.5 Å². The SMILES string of the molecule is CC1CCc2[nH]c3c(c2C1)CCC(O)C3. The van der Waals surface area contributed by atoms with E-state index in [9.17, 15) is 5.11 Å². The normalized spacial score (nSPS) is 29.7. The third kappa shape index (κ3) is 1.51. The summed E-state index contributed by atoms with van der Waals surface area (Å²) in [5, 5.41) is 9.65. The predicted octanol–water partition coefficient (Wildman–Crippen LogP) is 1.99. The van der Waals surface area contributed by atoms with Crippen LogP contribution in [0.5, 0.6) is 0 Å². The van der Waals surface area contributed by atoms with Crippen LogP contribution in [0, 0.1) is 5.92 Å². The van der Waals surface area contributed by atoms with Gasteiger partial charge in [0.25, 0.3) is 0 Å². The molecule has 2 nitrogen and oxygen atoms in total. The fourth-order valence-corrected chi connectivity index (χ4v) is 3.12. The molecule has 0 amide bonds. The summed E-state index contributed by atoms with van der Waals surface area (Å²) < 4.78 is 0. The van der Waals surface area contributed by atoms with Crippen LogP contribution in [0.15, 0.2) is 0 Å². The Balaban J connectivity index is 2.01. The van der Waals surface area contributed by atoms with E-state index in [1.54, 1.807) is 11.1 Å². The second-order valence-electron chi connectivity index (χ2n) is 5.28. The van der Waals surface area contributed by atoms with E-state index >= 15 is 0 Å². The summed E-state index contributed by atoms with van der Waals surface area (Å²) in [5.74, 6) is 0.837. The van der Waals surface area contributed by atoms with Crippen LogP contribution in [0.3, 0.4) is 0 Å². The Bertz CT molecular complexity index is 380. The van der Waals surface area contributed by atoms with Gasteiger partial charge in [0.2, 0.25) is 0 Å². The molecule has 0 spiro atoms. The molecule has 0 fully saturated rings. The van der Waals surface area contributed by atoms with Gasteiger partial charge in [-0.2, -0.15) is 0 Å². The van der Waals surface area contributed by atoms with Gasteiger partial charge < -0.3 is 10.1 Å². The zero-order valence-electron chi connectivity index (χ0n) is 9.34. The predicted molar refractivity (Wildman–Crippen MR) is 60.0 cm³/mol. The summed E-state index contributed by atoms with van der Waals surface area (Å²) in [4.78, 5) is 3.55. The second kappa shape index (κ2) is 3.38. The molecule has 2 aliphatic rings. The van der Waals surface area contributed by atoms with Crippen molar-refractivity contribution in [1.29, 1.82) is 0 Å². The fourth-order valence-electron chi connectivity index (χ4n) is 3.12. The molecule has 3 rings (SSSR count). The first-order valence-electron chi connectivity index (χ1n) is 6.13. The van der Waals surface area contributed by atoms with Gasteiger partial charge in [-0.3, -0.25) is 0 Å². The molecular formula is C13H19NO. The number of hydrogen-bond donors (Lipinski definition) is 2. The monoisotopic (exact) mass is 205 g/mol. The third-order valence-electron chi connectivity index (χ3n) is 4.00. The Morgan fingerprint density at radius 3 is 2.80 bits per heavy atom. The van der Waals surface area contributed by atoms with Crippen LogP contribution in [-0.2, 0) is 25.7 Å². The number of aromatic nitrogens is 1. The quantitative estimate of drug-likeness (QED) is 0.667. The smallest absolute Gasteiger partial charge is 0.0598 e. The van der Waals surface area contributed by atoms with Crippen LogP contribution in [0.2, 0.25) is 0 Å². The molecule has 0 aliphatic heterocycles. The first-order chi connectivity index (χ1) is 7.24. The Labute approximate surface area is 90.7 Å². The van der Waals surface area contributed by atoms with Crippen LogP contribution in [0.4, 0.5) is 0 Å². The van der Waals surface area contributed by atoms with E-state index in [1.165, 1.54) is 30.7 Å².